The van der Waals surface area contributed by atoms with Gasteiger partial charge < -0.3 is 20.0 Å². The summed E-state index contributed by atoms with van der Waals surface area (Å²) >= 11 is 0. The molecule has 0 spiro atoms. The molecule has 22 heavy (non-hydrogen) atoms. The smallest absolute Gasteiger partial charge is 0.317 e. The molecular formula is C16H30N4O2. The summed E-state index contributed by atoms with van der Waals surface area (Å²) in [4.78, 5) is 30.4. The second kappa shape index (κ2) is 8.98. The van der Waals surface area contributed by atoms with Crippen molar-refractivity contribution in [2.24, 2.45) is 0 Å². The fourth-order valence-corrected chi connectivity index (χ4v) is 3.13. The number of nitrogens with zero attached hydrogens (tertiary/aromatic N) is 3. The first-order valence-electron chi connectivity index (χ1n) is 8.73. The zero-order chi connectivity index (χ0) is 15.8. The Balaban J connectivity index is 1.63. The van der Waals surface area contributed by atoms with Crippen LogP contribution in [0.3, 0.4) is 0 Å². The fraction of sp³-hybridized carbons (Fsp3) is 0.875. The maximum Gasteiger partial charge on any atom is 0.317 e. The summed E-state index contributed by atoms with van der Waals surface area (Å²) in [5.41, 5.74) is 0. The highest BCUT2D eigenvalue weighted by molar-refractivity contribution is 5.78. The van der Waals surface area contributed by atoms with Gasteiger partial charge in [0.2, 0.25) is 5.91 Å². The highest BCUT2D eigenvalue weighted by atomic mass is 16.2. The number of carbonyl (C=O) groups is 2. The monoisotopic (exact) mass is 310 g/mol. The van der Waals surface area contributed by atoms with Crippen molar-refractivity contribution >= 4 is 11.9 Å². The number of nitrogens with one attached hydrogen (secondary N) is 1. The van der Waals surface area contributed by atoms with Crippen molar-refractivity contribution in [1.82, 2.24) is 20.0 Å². The lowest BCUT2D eigenvalue weighted by atomic mass is 10.2. The van der Waals surface area contributed by atoms with Crippen LogP contribution in [0.2, 0.25) is 0 Å². The molecule has 126 valence electrons. The molecule has 2 saturated heterocycles. The van der Waals surface area contributed by atoms with E-state index in [-0.39, 0.29) is 11.9 Å². The SMILES string of the molecule is CCN1CCN(C(=O)NCCC(=O)N2CCCCCC2)CC1. The van der Waals surface area contributed by atoms with Gasteiger partial charge in [0, 0.05) is 52.2 Å². The molecule has 2 aliphatic heterocycles. The van der Waals surface area contributed by atoms with E-state index in [1.807, 2.05) is 9.80 Å². The first kappa shape index (κ1) is 17.1. The van der Waals surface area contributed by atoms with E-state index in [4.69, 9.17) is 0 Å². The quantitative estimate of drug-likeness (QED) is 0.847. The minimum absolute atomic E-state index is 0.0283. The summed E-state index contributed by atoms with van der Waals surface area (Å²) in [5.74, 6) is 0.179. The lowest BCUT2D eigenvalue weighted by Gasteiger charge is -2.34. The molecule has 1 N–H and O–H groups in total. The lowest BCUT2D eigenvalue weighted by molar-refractivity contribution is -0.131. The van der Waals surface area contributed by atoms with Crippen LogP contribution in [-0.2, 0) is 4.79 Å². The molecule has 0 aliphatic carbocycles. The number of hydrogen-bond donors (Lipinski definition) is 1. The topological polar surface area (TPSA) is 55.9 Å². The molecule has 0 aromatic heterocycles. The Morgan fingerprint density at radius 3 is 2.09 bits per heavy atom. The number of carbonyl (C=O) groups excluding carboxylic acids is 2. The second-order valence-corrected chi connectivity index (χ2v) is 6.20. The Hall–Kier alpha value is -1.30. The zero-order valence-corrected chi connectivity index (χ0v) is 13.9. The predicted octanol–water partition coefficient (Wildman–Crippen LogP) is 1.13. The Labute approximate surface area is 133 Å². The summed E-state index contributed by atoms with van der Waals surface area (Å²) in [6.45, 7) is 8.83. The number of likely N-dealkylation sites (N-methyl/N-ethyl adjacent to an activating group) is 1. The van der Waals surface area contributed by atoms with Gasteiger partial charge in [-0.1, -0.05) is 19.8 Å². The normalized spacial score (nSPS) is 20.6. The van der Waals surface area contributed by atoms with Gasteiger partial charge in [0.25, 0.3) is 0 Å². The highest BCUT2D eigenvalue weighted by Gasteiger charge is 2.20. The Kier molecular flexibility index (Phi) is 6.96. The van der Waals surface area contributed by atoms with E-state index in [0.29, 0.717) is 13.0 Å². The molecule has 0 saturated carbocycles. The number of piperazine rings is 1. The van der Waals surface area contributed by atoms with Gasteiger partial charge in [-0.25, -0.2) is 4.79 Å². The number of urea groups is 1. The summed E-state index contributed by atoms with van der Waals surface area (Å²) in [7, 11) is 0. The first-order chi connectivity index (χ1) is 10.7. The van der Waals surface area contributed by atoms with Gasteiger partial charge in [0.1, 0.15) is 0 Å². The van der Waals surface area contributed by atoms with Crippen LogP contribution >= 0.6 is 0 Å². The van der Waals surface area contributed by atoms with Crippen molar-refractivity contribution in [3.8, 4) is 0 Å². The molecule has 2 fully saturated rings. The van der Waals surface area contributed by atoms with Gasteiger partial charge in [-0.15, -0.1) is 0 Å². The first-order valence-corrected chi connectivity index (χ1v) is 8.73. The second-order valence-electron chi connectivity index (χ2n) is 6.20. The van der Waals surface area contributed by atoms with E-state index in [2.05, 4.69) is 17.1 Å². The Bertz CT molecular complexity index is 359. The molecule has 0 aromatic carbocycles. The van der Waals surface area contributed by atoms with Gasteiger partial charge >= 0.3 is 6.03 Å². The molecule has 0 aromatic rings. The molecule has 2 aliphatic rings. The van der Waals surface area contributed by atoms with Crippen LogP contribution in [0.5, 0.6) is 0 Å². The van der Waals surface area contributed by atoms with Gasteiger partial charge in [-0.05, 0) is 19.4 Å². The summed E-state index contributed by atoms with van der Waals surface area (Å²) < 4.78 is 0. The maximum atomic E-state index is 12.1. The molecule has 0 unspecified atom stereocenters. The predicted molar refractivity (Wildman–Crippen MR) is 86.8 cm³/mol. The van der Waals surface area contributed by atoms with Gasteiger partial charge in [0.15, 0.2) is 0 Å². The number of rotatable bonds is 4. The molecule has 6 nitrogen and oxygen atoms in total. The van der Waals surface area contributed by atoms with Crippen LogP contribution in [0, 0.1) is 0 Å². The minimum Gasteiger partial charge on any atom is -0.343 e. The van der Waals surface area contributed by atoms with Crippen LogP contribution in [0.1, 0.15) is 39.0 Å². The maximum absolute atomic E-state index is 12.1. The molecule has 0 bridgehead atoms. The molecule has 0 radical (unpaired) electrons. The summed E-state index contributed by atoms with van der Waals surface area (Å²) in [6.07, 6.45) is 5.09. The largest absolute Gasteiger partial charge is 0.343 e. The van der Waals surface area contributed by atoms with E-state index in [1.54, 1.807) is 0 Å². The van der Waals surface area contributed by atoms with Crippen LogP contribution in [-0.4, -0.2) is 79.0 Å². The molecule has 2 rings (SSSR count). The van der Waals surface area contributed by atoms with E-state index < -0.39 is 0 Å². The van der Waals surface area contributed by atoms with Crippen LogP contribution in [0.15, 0.2) is 0 Å². The number of hydrogen-bond acceptors (Lipinski definition) is 3. The third-order valence-electron chi connectivity index (χ3n) is 4.68. The third kappa shape index (κ3) is 5.16. The number of amides is 3. The lowest BCUT2D eigenvalue weighted by Crippen LogP contribution is -2.52. The molecule has 3 amide bonds. The van der Waals surface area contributed by atoms with Crippen molar-refractivity contribution in [2.45, 2.75) is 39.0 Å². The van der Waals surface area contributed by atoms with Gasteiger partial charge in [0.05, 0.1) is 0 Å². The summed E-state index contributed by atoms with van der Waals surface area (Å²) in [5, 5.41) is 2.89. The average molecular weight is 310 g/mol. The zero-order valence-electron chi connectivity index (χ0n) is 13.9. The van der Waals surface area contributed by atoms with Crippen molar-refractivity contribution in [3.63, 3.8) is 0 Å². The van der Waals surface area contributed by atoms with E-state index >= 15 is 0 Å². The standard InChI is InChI=1S/C16H30N4O2/c1-2-18-11-13-20(14-12-18)16(22)17-8-7-15(21)19-9-5-3-4-6-10-19/h2-14H2,1H3,(H,17,22). The number of likely N-dealkylation sites (tertiary alicyclic amines) is 1. The van der Waals surface area contributed by atoms with Crippen molar-refractivity contribution in [1.29, 1.82) is 0 Å². The average Bonchev–Trinajstić information content (AvgIpc) is 2.84. The Morgan fingerprint density at radius 2 is 1.50 bits per heavy atom. The fourth-order valence-electron chi connectivity index (χ4n) is 3.13. The third-order valence-corrected chi connectivity index (χ3v) is 4.68. The van der Waals surface area contributed by atoms with Gasteiger partial charge in [-0.2, -0.15) is 0 Å². The van der Waals surface area contributed by atoms with E-state index in [1.165, 1.54) is 12.8 Å². The van der Waals surface area contributed by atoms with E-state index in [0.717, 1.165) is 58.7 Å². The van der Waals surface area contributed by atoms with Crippen LogP contribution < -0.4 is 5.32 Å². The Morgan fingerprint density at radius 1 is 0.864 bits per heavy atom. The van der Waals surface area contributed by atoms with Crippen LogP contribution in [0.4, 0.5) is 4.79 Å². The van der Waals surface area contributed by atoms with Gasteiger partial charge in [-0.3, -0.25) is 4.79 Å². The van der Waals surface area contributed by atoms with Crippen LogP contribution in [0.25, 0.3) is 0 Å². The highest BCUT2D eigenvalue weighted by Crippen LogP contribution is 2.10. The van der Waals surface area contributed by atoms with Crippen molar-refractivity contribution in [3.05, 3.63) is 0 Å². The molecular weight excluding hydrogens is 280 g/mol. The van der Waals surface area contributed by atoms with E-state index in [9.17, 15) is 9.59 Å². The molecule has 0 atom stereocenters. The summed E-state index contributed by atoms with van der Waals surface area (Å²) in [6, 6.07) is -0.0283. The molecule has 6 heteroatoms. The van der Waals surface area contributed by atoms with Crippen molar-refractivity contribution < 1.29 is 9.59 Å². The minimum atomic E-state index is -0.0283. The molecule has 2 heterocycles. The van der Waals surface area contributed by atoms with Crippen molar-refractivity contribution in [2.75, 3.05) is 52.4 Å².